The summed E-state index contributed by atoms with van der Waals surface area (Å²) >= 11 is 0. The molecule has 0 saturated heterocycles. The van der Waals surface area contributed by atoms with Crippen LogP contribution in [0.25, 0.3) is 0 Å². The van der Waals surface area contributed by atoms with E-state index in [0.29, 0.717) is 0 Å². The lowest BCUT2D eigenvalue weighted by Crippen LogP contribution is -2.46. The predicted molar refractivity (Wildman–Crippen MR) is 89.7 cm³/mol. The molecule has 0 spiro atoms. The van der Waals surface area contributed by atoms with Crippen molar-refractivity contribution in [2.24, 2.45) is 0 Å². The van der Waals surface area contributed by atoms with Gasteiger partial charge in [0, 0.05) is 0 Å². The molecule has 0 bridgehead atoms. The maximum absolute atomic E-state index is 11.2. The summed E-state index contributed by atoms with van der Waals surface area (Å²) in [6, 6.07) is 0. The van der Waals surface area contributed by atoms with Gasteiger partial charge in [0.25, 0.3) is 0 Å². The number of nitrogens with zero attached hydrogens (tertiary/aromatic N) is 1. The fraction of sp³-hybridized carbons (Fsp3) is 1.00. The molecule has 0 aromatic heterocycles. The molecular weight excluding hydrogens is 386 g/mol. The first-order chi connectivity index (χ1) is 11.6. The lowest BCUT2D eigenvalue weighted by molar-refractivity contribution is -0.910. The summed E-state index contributed by atoms with van der Waals surface area (Å²) in [6.45, 7) is 11.0. The maximum Gasteiger partial charge on any atom is 0.511 e. The van der Waals surface area contributed by atoms with Crippen molar-refractivity contribution >= 4 is 10.0 Å². The Bertz CT molecular complexity index is 442. The van der Waals surface area contributed by atoms with Gasteiger partial charge in [0.2, 0.25) is 0 Å². The van der Waals surface area contributed by atoms with E-state index in [-0.39, 0.29) is 0 Å². The number of unbranched alkanes of at least 4 members (excludes halogenated alkanes) is 3. The summed E-state index contributed by atoms with van der Waals surface area (Å²) in [6.07, 6.45) is 2.58. The molecule has 0 aliphatic rings. The summed E-state index contributed by atoms with van der Waals surface area (Å²) in [5.74, 6) is 0. The van der Waals surface area contributed by atoms with Gasteiger partial charge in [-0.15, -0.1) is 4.72 Å². The Morgan fingerprint density at radius 2 is 1.08 bits per heavy atom. The Kier molecular flexibility index (Phi) is 12.8. The number of alkyl halides is 6. The molecule has 160 valence electrons. The zero-order chi connectivity index (χ0) is 21.1. The van der Waals surface area contributed by atoms with Crippen LogP contribution in [-0.2, 0) is 10.0 Å². The van der Waals surface area contributed by atoms with Gasteiger partial charge in [-0.25, -0.2) is 8.42 Å². The molecule has 0 heterocycles. The molecule has 11 heteroatoms. The van der Waals surface area contributed by atoms with Crippen molar-refractivity contribution in [1.82, 2.24) is 4.72 Å². The first-order valence-electron chi connectivity index (χ1n) is 8.64. The molecule has 0 atom stereocenters. The van der Waals surface area contributed by atoms with Gasteiger partial charge in [0.05, 0.1) is 26.7 Å². The fourth-order valence-electron chi connectivity index (χ4n) is 2.17. The Hall–Kier alpha value is -0.550. The van der Waals surface area contributed by atoms with Gasteiger partial charge < -0.3 is 4.48 Å². The third kappa shape index (κ3) is 13.6. The number of nitrogens with one attached hydrogen (secondary N) is 1. The molecule has 0 unspecified atom stereocenters. The number of halogens is 6. The standard InChI is InChI=1S/C13H30N.C2HF6NO2S/c1-5-8-11-14(4,12-9-6-2)13-10-7-3;3-1(4,5)9-12(10,11)2(6,7)8/h5-13H2,1-4H3;9H/q+1;. The molecule has 26 heavy (non-hydrogen) atoms. The molecular formula is C15H31F6N2O2S+. The van der Waals surface area contributed by atoms with E-state index < -0.39 is 26.6 Å². The first-order valence-corrected chi connectivity index (χ1v) is 10.1. The highest BCUT2D eigenvalue weighted by Crippen LogP contribution is 2.25. The second kappa shape index (κ2) is 12.0. The maximum atomic E-state index is 11.2. The van der Waals surface area contributed by atoms with Crippen LogP contribution in [0.15, 0.2) is 0 Å². The highest BCUT2D eigenvalue weighted by atomic mass is 32.2. The quantitative estimate of drug-likeness (QED) is 0.316. The van der Waals surface area contributed by atoms with Crippen molar-refractivity contribution in [1.29, 1.82) is 0 Å². The van der Waals surface area contributed by atoms with Gasteiger partial charge in [-0.3, -0.25) is 0 Å². The van der Waals surface area contributed by atoms with Crippen LogP contribution in [0.4, 0.5) is 26.3 Å². The van der Waals surface area contributed by atoms with E-state index in [0.717, 1.165) is 0 Å². The normalized spacial score (nSPS) is 13.3. The van der Waals surface area contributed by atoms with E-state index in [2.05, 4.69) is 27.8 Å². The Morgan fingerprint density at radius 3 is 1.23 bits per heavy atom. The smallest absolute Gasteiger partial charge is 0.326 e. The van der Waals surface area contributed by atoms with Gasteiger partial charge in [-0.05, 0) is 19.3 Å². The number of hydrogen-bond donors (Lipinski definition) is 1. The van der Waals surface area contributed by atoms with E-state index in [4.69, 9.17) is 0 Å². The molecule has 0 saturated carbocycles. The second-order valence-corrected chi connectivity index (χ2v) is 8.07. The molecule has 0 aliphatic heterocycles. The molecule has 0 aromatic carbocycles. The van der Waals surface area contributed by atoms with Crippen LogP contribution < -0.4 is 4.72 Å². The summed E-state index contributed by atoms with van der Waals surface area (Å²) in [7, 11) is -3.89. The zero-order valence-corrected chi connectivity index (χ0v) is 16.6. The monoisotopic (exact) mass is 417 g/mol. The van der Waals surface area contributed by atoms with Crippen LogP contribution >= 0.6 is 0 Å². The Morgan fingerprint density at radius 1 is 0.769 bits per heavy atom. The molecule has 0 radical (unpaired) electrons. The molecule has 4 nitrogen and oxygen atoms in total. The van der Waals surface area contributed by atoms with Crippen LogP contribution in [0.3, 0.4) is 0 Å². The summed E-state index contributed by atoms with van der Waals surface area (Å²) in [5.41, 5.74) is -5.96. The molecule has 1 N–H and O–H groups in total. The van der Waals surface area contributed by atoms with Gasteiger partial charge in [-0.2, -0.15) is 26.3 Å². The van der Waals surface area contributed by atoms with Crippen LogP contribution in [0.1, 0.15) is 59.3 Å². The molecule has 0 aromatic rings. The predicted octanol–water partition coefficient (Wildman–Crippen LogP) is 4.78. The zero-order valence-electron chi connectivity index (χ0n) is 15.8. The van der Waals surface area contributed by atoms with Crippen LogP contribution in [-0.4, -0.2) is 51.4 Å². The minimum atomic E-state index is -6.33. The fourth-order valence-corrected chi connectivity index (χ4v) is 2.59. The third-order valence-electron chi connectivity index (χ3n) is 3.71. The number of hydrogen-bond acceptors (Lipinski definition) is 2. The first kappa shape index (κ1) is 27.7. The topological polar surface area (TPSA) is 46.2 Å². The average molecular weight is 417 g/mol. The van der Waals surface area contributed by atoms with Crippen molar-refractivity contribution in [3.8, 4) is 0 Å². The van der Waals surface area contributed by atoms with E-state index in [9.17, 15) is 34.8 Å². The van der Waals surface area contributed by atoms with Crippen molar-refractivity contribution in [2.45, 2.75) is 71.1 Å². The summed E-state index contributed by atoms with van der Waals surface area (Å²) in [4.78, 5) is 0. The number of rotatable bonds is 10. The van der Waals surface area contributed by atoms with Crippen LogP contribution in [0.5, 0.6) is 0 Å². The van der Waals surface area contributed by atoms with E-state index in [1.165, 1.54) is 62.6 Å². The number of quaternary nitrogens is 1. The minimum absolute atomic E-state index is 0.517. The average Bonchev–Trinajstić information content (AvgIpc) is 2.46. The second-order valence-electron chi connectivity index (χ2n) is 6.40. The van der Waals surface area contributed by atoms with E-state index in [1.807, 2.05) is 0 Å². The highest BCUT2D eigenvalue weighted by molar-refractivity contribution is 7.90. The van der Waals surface area contributed by atoms with Crippen molar-refractivity contribution in [2.75, 3.05) is 26.7 Å². The van der Waals surface area contributed by atoms with Crippen molar-refractivity contribution in [3.05, 3.63) is 0 Å². The van der Waals surface area contributed by atoms with E-state index >= 15 is 0 Å². The third-order valence-corrected chi connectivity index (χ3v) is 4.82. The molecule has 0 aliphatic carbocycles. The van der Waals surface area contributed by atoms with Gasteiger partial charge in [0.15, 0.2) is 0 Å². The van der Waals surface area contributed by atoms with E-state index in [1.54, 1.807) is 0 Å². The molecule has 0 rings (SSSR count). The molecule has 0 fully saturated rings. The minimum Gasteiger partial charge on any atom is -0.326 e. The lowest BCUT2D eigenvalue weighted by Gasteiger charge is -2.34. The van der Waals surface area contributed by atoms with Gasteiger partial charge >= 0.3 is 21.8 Å². The Balaban J connectivity index is 0. The lowest BCUT2D eigenvalue weighted by atomic mass is 10.2. The highest BCUT2D eigenvalue weighted by Gasteiger charge is 2.51. The largest absolute Gasteiger partial charge is 0.511 e. The summed E-state index contributed by atoms with van der Waals surface area (Å²) < 4.78 is 87.1. The van der Waals surface area contributed by atoms with Crippen molar-refractivity contribution in [3.63, 3.8) is 0 Å². The Labute approximate surface area is 152 Å². The van der Waals surface area contributed by atoms with Crippen molar-refractivity contribution < 1.29 is 39.2 Å². The van der Waals surface area contributed by atoms with Crippen LogP contribution in [0, 0.1) is 0 Å². The van der Waals surface area contributed by atoms with Crippen LogP contribution in [0.2, 0.25) is 0 Å². The van der Waals surface area contributed by atoms with Gasteiger partial charge in [-0.1, -0.05) is 40.0 Å². The summed E-state index contributed by atoms with van der Waals surface area (Å²) in [5, 5.41) is 0. The molecule has 0 amide bonds. The SMILES string of the molecule is CCCC[N+](C)(CCCC)CCCC.O=S(=O)(NC(F)(F)F)C(F)(F)F. The number of sulfonamides is 1. The van der Waals surface area contributed by atoms with Gasteiger partial charge in [0.1, 0.15) is 0 Å².